The SMILES string of the molecule is CCCNC(=O)C(C)NC(=O)Cc1ccc(S)cc1. The smallest absolute Gasteiger partial charge is 0.242 e. The number of hydrogen-bond donors (Lipinski definition) is 3. The Hall–Kier alpha value is -1.49. The molecule has 1 unspecified atom stereocenters. The fourth-order valence-corrected chi connectivity index (χ4v) is 1.71. The van der Waals surface area contributed by atoms with E-state index in [1.54, 1.807) is 6.92 Å². The Morgan fingerprint density at radius 3 is 2.47 bits per heavy atom. The molecule has 4 nitrogen and oxygen atoms in total. The van der Waals surface area contributed by atoms with Crippen molar-refractivity contribution in [3.63, 3.8) is 0 Å². The molecule has 1 atom stereocenters. The summed E-state index contributed by atoms with van der Waals surface area (Å²) in [5.41, 5.74) is 0.900. The molecule has 1 rings (SSSR count). The van der Waals surface area contributed by atoms with E-state index in [0.717, 1.165) is 16.9 Å². The Labute approximate surface area is 119 Å². The van der Waals surface area contributed by atoms with E-state index in [1.807, 2.05) is 31.2 Å². The minimum atomic E-state index is -0.511. The van der Waals surface area contributed by atoms with Gasteiger partial charge in [0.25, 0.3) is 0 Å². The Bertz CT molecular complexity index is 432. The number of rotatable bonds is 6. The van der Waals surface area contributed by atoms with Crippen molar-refractivity contribution in [3.8, 4) is 0 Å². The van der Waals surface area contributed by atoms with Crippen LogP contribution < -0.4 is 10.6 Å². The summed E-state index contributed by atoms with van der Waals surface area (Å²) < 4.78 is 0. The zero-order chi connectivity index (χ0) is 14.3. The molecule has 0 aliphatic heterocycles. The van der Waals surface area contributed by atoms with Gasteiger partial charge < -0.3 is 10.6 Å². The van der Waals surface area contributed by atoms with E-state index in [-0.39, 0.29) is 18.2 Å². The summed E-state index contributed by atoms with van der Waals surface area (Å²) in [6.45, 7) is 4.29. The second kappa shape index (κ2) is 7.84. The van der Waals surface area contributed by atoms with Crippen molar-refractivity contribution in [2.45, 2.75) is 37.6 Å². The lowest BCUT2D eigenvalue weighted by Gasteiger charge is -2.13. The minimum absolute atomic E-state index is 0.152. The normalized spacial score (nSPS) is 11.7. The summed E-state index contributed by atoms with van der Waals surface area (Å²) in [6.07, 6.45) is 1.14. The van der Waals surface area contributed by atoms with Gasteiger partial charge in [0, 0.05) is 11.4 Å². The molecule has 0 saturated carbocycles. The van der Waals surface area contributed by atoms with Crippen molar-refractivity contribution in [3.05, 3.63) is 29.8 Å². The molecule has 1 aromatic rings. The Morgan fingerprint density at radius 2 is 1.89 bits per heavy atom. The number of benzene rings is 1. The van der Waals surface area contributed by atoms with Crippen LogP contribution in [0.25, 0.3) is 0 Å². The molecule has 0 heterocycles. The van der Waals surface area contributed by atoms with Crippen LogP contribution >= 0.6 is 12.6 Å². The van der Waals surface area contributed by atoms with Gasteiger partial charge in [0.2, 0.25) is 11.8 Å². The molecule has 2 amide bonds. The summed E-state index contributed by atoms with van der Waals surface area (Å²) in [5, 5.41) is 5.43. The molecule has 0 aliphatic carbocycles. The number of thiol groups is 1. The number of hydrogen-bond acceptors (Lipinski definition) is 3. The quantitative estimate of drug-likeness (QED) is 0.692. The summed E-state index contributed by atoms with van der Waals surface area (Å²) in [7, 11) is 0. The largest absolute Gasteiger partial charge is 0.354 e. The van der Waals surface area contributed by atoms with E-state index < -0.39 is 6.04 Å². The maximum absolute atomic E-state index is 11.8. The highest BCUT2D eigenvalue weighted by atomic mass is 32.1. The average molecular weight is 280 g/mol. The summed E-state index contributed by atoms with van der Waals surface area (Å²) >= 11 is 4.18. The molecule has 0 spiro atoms. The molecular formula is C14H20N2O2S. The van der Waals surface area contributed by atoms with E-state index in [2.05, 4.69) is 23.3 Å². The third-order valence-electron chi connectivity index (χ3n) is 2.62. The molecule has 19 heavy (non-hydrogen) atoms. The molecule has 0 aliphatic rings. The van der Waals surface area contributed by atoms with Crippen LogP contribution in [0.5, 0.6) is 0 Å². The van der Waals surface area contributed by atoms with Gasteiger partial charge in [0.05, 0.1) is 6.42 Å². The van der Waals surface area contributed by atoms with E-state index >= 15 is 0 Å². The second-order valence-electron chi connectivity index (χ2n) is 4.42. The van der Waals surface area contributed by atoms with Crippen LogP contribution in [-0.4, -0.2) is 24.4 Å². The predicted molar refractivity (Wildman–Crippen MR) is 78.3 cm³/mol. The molecule has 1 aromatic carbocycles. The molecule has 0 bridgehead atoms. The fraction of sp³-hybridized carbons (Fsp3) is 0.429. The molecule has 0 aromatic heterocycles. The third-order valence-corrected chi connectivity index (χ3v) is 2.92. The monoisotopic (exact) mass is 280 g/mol. The third kappa shape index (κ3) is 5.79. The second-order valence-corrected chi connectivity index (χ2v) is 4.94. The first kappa shape index (κ1) is 15.6. The lowest BCUT2D eigenvalue weighted by molar-refractivity contribution is -0.128. The first-order valence-electron chi connectivity index (χ1n) is 6.38. The van der Waals surface area contributed by atoms with Crippen molar-refractivity contribution in [1.29, 1.82) is 0 Å². The highest BCUT2D eigenvalue weighted by molar-refractivity contribution is 7.80. The van der Waals surface area contributed by atoms with Gasteiger partial charge in [-0.1, -0.05) is 19.1 Å². The van der Waals surface area contributed by atoms with Crippen LogP contribution in [0.1, 0.15) is 25.8 Å². The minimum Gasteiger partial charge on any atom is -0.354 e. The summed E-state index contributed by atoms with van der Waals surface area (Å²) in [5.74, 6) is -0.313. The van der Waals surface area contributed by atoms with Crippen LogP contribution in [0, 0.1) is 0 Å². The number of carbonyl (C=O) groups excluding carboxylic acids is 2. The number of amides is 2. The van der Waals surface area contributed by atoms with Crippen molar-refractivity contribution in [2.75, 3.05) is 6.54 Å². The summed E-state index contributed by atoms with van der Waals surface area (Å²) in [6, 6.07) is 6.86. The van der Waals surface area contributed by atoms with Gasteiger partial charge in [0.1, 0.15) is 6.04 Å². The molecular weight excluding hydrogens is 260 g/mol. The molecule has 0 saturated heterocycles. The Kier molecular flexibility index (Phi) is 6.42. The van der Waals surface area contributed by atoms with Gasteiger partial charge in [-0.2, -0.15) is 0 Å². The van der Waals surface area contributed by atoms with E-state index in [9.17, 15) is 9.59 Å². The van der Waals surface area contributed by atoms with Crippen LogP contribution in [-0.2, 0) is 16.0 Å². The van der Waals surface area contributed by atoms with Crippen LogP contribution in [0.4, 0.5) is 0 Å². The lowest BCUT2D eigenvalue weighted by Crippen LogP contribution is -2.45. The van der Waals surface area contributed by atoms with E-state index in [0.29, 0.717) is 6.54 Å². The highest BCUT2D eigenvalue weighted by Crippen LogP contribution is 2.08. The van der Waals surface area contributed by atoms with Crippen molar-refractivity contribution in [2.24, 2.45) is 0 Å². The zero-order valence-corrected chi connectivity index (χ0v) is 12.2. The summed E-state index contributed by atoms with van der Waals surface area (Å²) in [4.78, 5) is 24.2. The van der Waals surface area contributed by atoms with Crippen LogP contribution in [0.15, 0.2) is 29.2 Å². The van der Waals surface area contributed by atoms with Crippen LogP contribution in [0.2, 0.25) is 0 Å². The highest BCUT2D eigenvalue weighted by Gasteiger charge is 2.14. The molecule has 2 N–H and O–H groups in total. The van der Waals surface area contributed by atoms with Crippen molar-refractivity contribution >= 4 is 24.4 Å². The van der Waals surface area contributed by atoms with Gasteiger partial charge >= 0.3 is 0 Å². The van der Waals surface area contributed by atoms with Gasteiger partial charge in [-0.15, -0.1) is 12.6 Å². The van der Waals surface area contributed by atoms with Gasteiger partial charge in [-0.05, 0) is 31.0 Å². The fourth-order valence-electron chi connectivity index (χ4n) is 1.56. The predicted octanol–water partition coefficient (Wildman–Crippen LogP) is 1.55. The maximum atomic E-state index is 11.8. The molecule has 104 valence electrons. The van der Waals surface area contributed by atoms with Crippen LogP contribution in [0.3, 0.4) is 0 Å². The zero-order valence-electron chi connectivity index (χ0n) is 11.3. The number of nitrogens with one attached hydrogen (secondary N) is 2. The van der Waals surface area contributed by atoms with Crippen molar-refractivity contribution in [1.82, 2.24) is 10.6 Å². The molecule has 5 heteroatoms. The number of carbonyl (C=O) groups is 2. The average Bonchev–Trinajstić information content (AvgIpc) is 2.38. The molecule has 0 radical (unpaired) electrons. The van der Waals surface area contributed by atoms with Gasteiger partial charge in [0.15, 0.2) is 0 Å². The van der Waals surface area contributed by atoms with E-state index in [4.69, 9.17) is 0 Å². The molecule has 0 fully saturated rings. The standard InChI is InChI=1S/C14H20N2O2S/c1-3-8-15-14(18)10(2)16-13(17)9-11-4-6-12(19)7-5-11/h4-7,10,19H,3,8-9H2,1-2H3,(H,15,18)(H,16,17). The lowest BCUT2D eigenvalue weighted by atomic mass is 10.1. The Morgan fingerprint density at radius 1 is 1.26 bits per heavy atom. The van der Waals surface area contributed by atoms with Crippen molar-refractivity contribution < 1.29 is 9.59 Å². The van der Waals surface area contributed by atoms with Gasteiger partial charge in [-0.3, -0.25) is 9.59 Å². The van der Waals surface area contributed by atoms with E-state index in [1.165, 1.54) is 0 Å². The maximum Gasteiger partial charge on any atom is 0.242 e. The first-order chi connectivity index (χ1) is 9.02. The first-order valence-corrected chi connectivity index (χ1v) is 6.82. The Balaban J connectivity index is 2.42. The topological polar surface area (TPSA) is 58.2 Å². The van der Waals surface area contributed by atoms with Gasteiger partial charge in [-0.25, -0.2) is 0 Å².